The van der Waals surface area contributed by atoms with Gasteiger partial charge in [-0.2, -0.15) is 0 Å². The van der Waals surface area contributed by atoms with Crippen LogP contribution >= 0.6 is 0 Å². The predicted octanol–water partition coefficient (Wildman–Crippen LogP) is 1.80. The number of likely N-dealkylation sites (N-methyl/N-ethyl adjacent to an activating group) is 1. The Balaban J connectivity index is 2.86. The van der Waals surface area contributed by atoms with Gasteiger partial charge in [0.2, 0.25) is 0 Å². The standard InChI is InChI=1S/C14H32N2O2/c1-3-4-5-6-7-8-16-10-12-18-14-13-17-11-9-15-2/h15-16H,3-14H2,1-2H3. The summed E-state index contributed by atoms with van der Waals surface area (Å²) in [6.45, 7) is 8.15. The summed E-state index contributed by atoms with van der Waals surface area (Å²) < 4.78 is 10.8. The molecule has 0 spiro atoms. The SMILES string of the molecule is CCCCCCCNCCOCCOCCNC. The molecule has 0 aliphatic rings. The predicted molar refractivity (Wildman–Crippen MR) is 77.2 cm³/mol. The first kappa shape index (κ1) is 17.8. The molecule has 0 aromatic rings. The van der Waals surface area contributed by atoms with Gasteiger partial charge in [0.05, 0.1) is 26.4 Å². The van der Waals surface area contributed by atoms with Gasteiger partial charge in [-0.3, -0.25) is 0 Å². The fourth-order valence-corrected chi connectivity index (χ4v) is 1.62. The van der Waals surface area contributed by atoms with E-state index in [9.17, 15) is 0 Å². The normalized spacial score (nSPS) is 11.0. The van der Waals surface area contributed by atoms with Crippen molar-refractivity contribution >= 4 is 0 Å². The van der Waals surface area contributed by atoms with E-state index in [0.29, 0.717) is 13.2 Å². The molecule has 4 nitrogen and oxygen atoms in total. The van der Waals surface area contributed by atoms with E-state index in [2.05, 4.69) is 17.6 Å². The van der Waals surface area contributed by atoms with E-state index >= 15 is 0 Å². The van der Waals surface area contributed by atoms with Crippen molar-refractivity contribution < 1.29 is 9.47 Å². The molecule has 0 rings (SSSR count). The highest BCUT2D eigenvalue weighted by molar-refractivity contribution is 4.48. The van der Waals surface area contributed by atoms with Gasteiger partial charge in [0.1, 0.15) is 0 Å². The number of rotatable bonds is 15. The lowest BCUT2D eigenvalue weighted by Crippen LogP contribution is -2.22. The van der Waals surface area contributed by atoms with Crippen LogP contribution in [0.3, 0.4) is 0 Å². The van der Waals surface area contributed by atoms with E-state index in [1.165, 1.54) is 32.1 Å². The maximum Gasteiger partial charge on any atom is 0.0701 e. The Bertz CT molecular complexity index is 130. The zero-order valence-electron chi connectivity index (χ0n) is 12.3. The lowest BCUT2D eigenvalue weighted by molar-refractivity contribution is 0.0504. The molecule has 0 saturated carbocycles. The zero-order valence-corrected chi connectivity index (χ0v) is 12.3. The van der Waals surface area contributed by atoms with Gasteiger partial charge in [-0.15, -0.1) is 0 Å². The summed E-state index contributed by atoms with van der Waals surface area (Å²) in [5, 5.41) is 6.43. The molecule has 0 aromatic carbocycles. The molecule has 2 N–H and O–H groups in total. The van der Waals surface area contributed by atoms with E-state index in [0.717, 1.165) is 32.8 Å². The fraction of sp³-hybridized carbons (Fsp3) is 1.00. The molecule has 0 amide bonds. The quantitative estimate of drug-likeness (QED) is 0.441. The van der Waals surface area contributed by atoms with Crippen LogP contribution in [0.25, 0.3) is 0 Å². The second kappa shape index (κ2) is 16.8. The van der Waals surface area contributed by atoms with Crippen molar-refractivity contribution in [3.8, 4) is 0 Å². The zero-order chi connectivity index (χ0) is 13.3. The molecule has 0 fully saturated rings. The Morgan fingerprint density at radius 2 is 1.39 bits per heavy atom. The minimum atomic E-state index is 0.693. The summed E-state index contributed by atoms with van der Waals surface area (Å²) in [5.41, 5.74) is 0. The molecule has 0 radical (unpaired) electrons. The van der Waals surface area contributed by atoms with Gasteiger partial charge in [0, 0.05) is 13.1 Å². The summed E-state index contributed by atoms with van der Waals surface area (Å²) in [6.07, 6.45) is 6.70. The maximum absolute atomic E-state index is 5.45. The van der Waals surface area contributed by atoms with Gasteiger partial charge in [0.25, 0.3) is 0 Å². The number of hydrogen-bond acceptors (Lipinski definition) is 4. The van der Waals surface area contributed by atoms with Crippen LogP contribution in [0, 0.1) is 0 Å². The molecule has 0 unspecified atom stereocenters. The highest BCUT2D eigenvalue weighted by Crippen LogP contribution is 2.00. The Kier molecular flexibility index (Phi) is 16.7. The summed E-state index contributed by atoms with van der Waals surface area (Å²) in [7, 11) is 1.92. The number of hydrogen-bond donors (Lipinski definition) is 2. The van der Waals surface area contributed by atoms with Gasteiger partial charge in [-0.25, -0.2) is 0 Å². The van der Waals surface area contributed by atoms with Crippen molar-refractivity contribution in [1.29, 1.82) is 0 Å². The van der Waals surface area contributed by atoms with Crippen LogP contribution in [0.1, 0.15) is 39.0 Å². The van der Waals surface area contributed by atoms with E-state index in [1.54, 1.807) is 0 Å². The second-order valence-electron chi connectivity index (χ2n) is 4.49. The molecule has 4 heteroatoms. The lowest BCUT2D eigenvalue weighted by atomic mass is 10.1. The fourth-order valence-electron chi connectivity index (χ4n) is 1.62. The molecular weight excluding hydrogens is 228 g/mol. The van der Waals surface area contributed by atoms with Crippen LogP contribution in [0.5, 0.6) is 0 Å². The highest BCUT2D eigenvalue weighted by atomic mass is 16.5. The van der Waals surface area contributed by atoms with Crippen molar-refractivity contribution in [2.24, 2.45) is 0 Å². The molecule has 0 aromatic heterocycles. The molecule has 0 bridgehead atoms. The van der Waals surface area contributed by atoms with Crippen molar-refractivity contribution in [3.63, 3.8) is 0 Å². The van der Waals surface area contributed by atoms with Gasteiger partial charge in [0.15, 0.2) is 0 Å². The third-order valence-electron chi connectivity index (χ3n) is 2.75. The molecule has 0 heterocycles. The monoisotopic (exact) mass is 260 g/mol. The third-order valence-corrected chi connectivity index (χ3v) is 2.75. The largest absolute Gasteiger partial charge is 0.378 e. The maximum atomic E-state index is 5.45. The Morgan fingerprint density at radius 3 is 2.06 bits per heavy atom. The highest BCUT2D eigenvalue weighted by Gasteiger charge is 1.91. The first-order chi connectivity index (χ1) is 8.91. The van der Waals surface area contributed by atoms with Crippen LogP contribution < -0.4 is 10.6 Å². The van der Waals surface area contributed by atoms with Gasteiger partial charge in [-0.1, -0.05) is 32.6 Å². The number of nitrogens with one attached hydrogen (secondary N) is 2. The van der Waals surface area contributed by atoms with Crippen LogP contribution in [-0.2, 0) is 9.47 Å². The topological polar surface area (TPSA) is 42.5 Å². The van der Waals surface area contributed by atoms with Crippen molar-refractivity contribution in [1.82, 2.24) is 10.6 Å². The van der Waals surface area contributed by atoms with Crippen LogP contribution in [0.2, 0.25) is 0 Å². The van der Waals surface area contributed by atoms with E-state index in [-0.39, 0.29) is 0 Å². The molecule has 0 saturated heterocycles. The third kappa shape index (κ3) is 15.8. The lowest BCUT2D eigenvalue weighted by Gasteiger charge is -2.07. The molecule has 110 valence electrons. The molecule has 0 aliphatic carbocycles. The van der Waals surface area contributed by atoms with Crippen molar-refractivity contribution in [2.75, 3.05) is 53.1 Å². The average molecular weight is 260 g/mol. The minimum absolute atomic E-state index is 0.693. The summed E-state index contributed by atoms with van der Waals surface area (Å²) in [6, 6.07) is 0. The minimum Gasteiger partial charge on any atom is -0.378 e. The van der Waals surface area contributed by atoms with Crippen LogP contribution in [-0.4, -0.2) is 53.1 Å². The summed E-state index contributed by atoms with van der Waals surface area (Å²) in [5.74, 6) is 0. The Labute approximate surface area is 113 Å². The van der Waals surface area contributed by atoms with Gasteiger partial charge < -0.3 is 20.1 Å². The molecule has 0 aliphatic heterocycles. The van der Waals surface area contributed by atoms with Crippen molar-refractivity contribution in [3.05, 3.63) is 0 Å². The van der Waals surface area contributed by atoms with E-state index in [4.69, 9.17) is 9.47 Å². The van der Waals surface area contributed by atoms with Gasteiger partial charge >= 0.3 is 0 Å². The van der Waals surface area contributed by atoms with E-state index in [1.807, 2.05) is 7.05 Å². The first-order valence-corrected chi connectivity index (χ1v) is 7.42. The molecule has 18 heavy (non-hydrogen) atoms. The summed E-state index contributed by atoms with van der Waals surface area (Å²) >= 11 is 0. The Morgan fingerprint density at radius 1 is 0.722 bits per heavy atom. The first-order valence-electron chi connectivity index (χ1n) is 7.42. The molecular formula is C14H32N2O2. The summed E-state index contributed by atoms with van der Waals surface area (Å²) in [4.78, 5) is 0. The Hall–Kier alpha value is -0.160. The molecule has 0 atom stereocenters. The number of unbranched alkanes of at least 4 members (excludes halogenated alkanes) is 4. The van der Waals surface area contributed by atoms with Crippen LogP contribution in [0.4, 0.5) is 0 Å². The van der Waals surface area contributed by atoms with Gasteiger partial charge in [-0.05, 0) is 20.0 Å². The van der Waals surface area contributed by atoms with Crippen LogP contribution in [0.15, 0.2) is 0 Å². The number of ether oxygens (including phenoxy) is 2. The van der Waals surface area contributed by atoms with Crippen molar-refractivity contribution in [2.45, 2.75) is 39.0 Å². The smallest absolute Gasteiger partial charge is 0.0701 e. The average Bonchev–Trinajstić information content (AvgIpc) is 2.39. The van der Waals surface area contributed by atoms with E-state index < -0.39 is 0 Å². The second-order valence-corrected chi connectivity index (χ2v) is 4.49.